The zero-order valence-electron chi connectivity index (χ0n) is 13.2. The molecule has 0 saturated heterocycles. The Morgan fingerprint density at radius 2 is 2.05 bits per heavy atom. The Morgan fingerprint density at radius 3 is 2.65 bits per heavy atom. The van der Waals surface area contributed by atoms with Gasteiger partial charge in [0.2, 0.25) is 0 Å². The lowest BCUT2D eigenvalue weighted by atomic mass is 10.0. The van der Waals surface area contributed by atoms with E-state index in [0.717, 1.165) is 13.0 Å². The van der Waals surface area contributed by atoms with Gasteiger partial charge in [0.1, 0.15) is 5.56 Å². The second kappa shape index (κ2) is 8.04. The molecule has 0 aromatic carbocycles. The summed E-state index contributed by atoms with van der Waals surface area (Å²) in [5.41, 5.74) is 1.21. The van der Waals surface area contributed by atoms with Gasteiger partial charge in [0.05, 0.1) is 5.69 Å². The first-order chi connectivity index (χ1) is 9.43. The molecule has 114 valence electrons. The molecule has 0 aliphatic heterocycles. The Labute approximate surface area is 121 Å². The average Bonchev–Trinajstić information content (AvgIpc) is 2.75. The number of rotatable bonds is 8. The highest BCUT2D eigenvalue weighted by Crippen LogP contribution is 2.21. The number of carbonyl (C=O) groups excluding carboxylic acids is 1. The zero-order chi connectivity index (χ0) is 15.1. The number of carbonyl (C=O) groups is 1. The monoisotopic (exact) mass is 282 g/mol. The molecule has 1 aromatic rings. The van der Waals surface area contributed by atoms with Crippen molar-refractivity contribution < 1.29 is 14.1 Å². The van der Waals surface area contributed by atoms with Gasteiger partial charge < -0.3 is 14.6 Å². The van der Waals surface area contributed by atoms with Crippen LogP contribution < -0.4 is 5.32 Å². The van der Waals surface area contributed by atoms with Crippen LogP contribution in [0, 0.1) is 12.8 Å². The normalized spacial score (nSPS) is 11.3. The van der Waals surface area contributed by atoms with E-state index in [9.17, 15) is 4.79 Å². The molecule has 0 atom stereocenters. The van der Waals surface area contributed by atoms with Crippen LogP contribution in [0.3, 0.4) is 0 Å². The molecule has 0 radical (unpaired) electrons. The number of amides is 1. The van der Waals surface area contributed by atoms with E-state index in [1.54, 1.807) is 6.92 Å². The molecule has 0 saturated carbocycles. The van der Waals surface area contributed by atoms with Crippen LogP contribution in [0.4, 0.5) is 0 Å². The van der Waals surface area contributed by atoms with Gasteiger partial charge in [-0.3, -0.25) is 4.79 Å². The van der Waals surface area contributed by atoms with Crippen molar-refractivity contribution in [3.05, 3.63) is 17.0 Å². The van der Waals surface area contributed by atoms with Crippen molar-refractivity contribution >= 4 is 5.91 Å². The number of hydrogen-bond acceptors (Lipinski definition) is 4. The highest BCUT2D eigenvalue weighted by atomic mass is 16.5. The van der Waals surface area contributed by atoms with Gasteiger partial charge in [0, 0.05) is 25.7 Å². The van der Waals surface area contributed by atoms with E-state index >= 15 is 0 Å². The van der Waals surface area contributed by atoms with Gasteiger partial charge in [-0.25, -0.2) is 0 Å². The highest BCUT2D eigenvalue weighted by Gasteiger charge is 2.21. The number of hydrogen-bond donors (Lipinski definition) is 1. The van der Waals surface area contributed by atoms with E-state index < -0.39 is 0 Å². The minimum Gasteiger partial charge on any atom is -0.381 e. The number of nitrogens with one attached hydrogen (secondary N) is 1. The van der Waals surface area contributed by atoms with Gasteiger partial charge in [-0.05, 0) is 19.3 Å². The van der Waals surface area contributed by atoms with Crippen LogP contribution >= 0.6 is 0 Å². The van der Waals surface area contributed by atoms with E-state index in [2.05, 4.69) is 24.3 Å². The van der Waals surface area contributed by atoms with Gasteiger partial charge in [-0.2, -0.15) is 0 Å². The van der Waals surface area contributed by atoms with Gasteiger partial charge in [-0.15, -0.1) is 0 Å². The van der Waals surface area contributed by atoms with Crippen molar-refractivity contribution in [2.75, 3.05) is 19.8 Å². The fourth-order valence-corrected chi connectivity index (χ4v) is 1.84. The maximum absolute atomic E-state index is 12.1. The van der Waals surface area contributed by atoms with Crippen molar-refractivity contribution in [1.29, 1.82) is 0 Å². The molecule has 0 fully saturated rings. The summed E-state index contributed by atoms with van der Waals surface area (Å²) in [5.74, 6) is 1.22. The summed E-state index contributed by atoms with van der Waals surface area (Å²) >= 11 is 0. The van der Waals surface area contributed by atoms with E-state index in [1.165, 1.54) is 0 Å². The van der Waals surface area contributed by atoms with Crippen molar-refractivity contribution in [2.24, 2.45) is 5.92 Å². The molecule has 5 nitrogen and oxygen atoms in total. The first kappa shape index (κ1) is 16.7. The third-order valence-corrected chi connectivity index (χ3v) is 2.84. The molecule has 1 heterocycles. The lowest BCUT2D eigenvalue weighted by molar-refractivity contribution is 0.0922. The van der Waals surface area contributed by atoms with E-state index in [4.69, 9.17) is 9.26 Å². The van der Waals surface area contributed by atoms with Gasteiger partial charge in [0.15, 0.2) is 5.76 Å². The van der Waals surface area contributed by atoms with Gasteiger partial charge in [0.25, 0.3) is 5.91 Å². The van der Waals surface area contributed by atoms with Crippen molar-refractivity contribution in [1.82, 2.24) is 10.5 Å². The molecule has 0 aliphatic carbocycles. The molecule has 0 aliphatic rings. The van der Waals surface area contributed by atoms with E-state index in [0.29, 0.717) is 36.1 Å². The first-order valence-electron chi connectivity index (χ1n) is 7.25. The quantitative estimate of drug-likeness (QED) is 0.745. The highest BCUT2D eigenvalue weighted by molar-refractivity contribution is 5.96. The predicted molar refractivity (Wildman–Crippen MR) is 77.9 cm³/mol. The number of ether oxygens (including phenoxy) is 1. The van der Waals surface area contributed by atoms with Crippen LogP contribution in [-0.4, -0.2) is 30.8 Å². The zero-order valence-corrected chi connectivity index (χ0v) is 13.2. The molecule has 1 N–H and O–H groups in total. The summed E-state index contributed by atoms with van der Waals surface area (Å²) in [6.07, 6.45) is 0.805. The third kappa shape index (κ3) is 4.96. The number of aryl methyl sites for hydroxylation is 1. The Balaban J connectivity index is 2.38. The minimum atomic E-state index is -0.115. The summed E-state index contributed by atoms with van der Waals surface area (Å²) in [6, 6.07) is 0. The van der Waals surface area contributed by atoms with Crippen LogP contribution in [0.2, 0.25) is 0 Å². The number of aromatic nitrogens is 1. The fourth-order valence-electron chi connectivity index (χ4n) is 1.84. The SMILES string of the molecule is Cc1noc(C(C)C)c1C(=O)NCCCOCC(C)C. The predicted octanol–water partition coefficient (Wildman–Crippen LogP) is 2.90. The maximum atomic E-state index is 12.1. The lowest BCUT2D eigenvalue weighted by Crippen LogP contribution is -2.26. The third-order valence-electron chi connectivity index (χ3n) is 2.84. The molecule has 0 spiro atoms. The smallest absolute Gasteiger partial charge is 0.256 e. The molecular formula is C15H26N2O3. The number of nitrogens with zero attached hydrogens (tertiary/aromatic N) is 1. The Kier molecular flexibility index (Phi) is 6.71. The van der Waals surface area contributed by atoms with Crippen molar-refractivity contribution in [3.8, 4) is 0 Å². The van der Waals surface area contributed by atoms with Gasteiger partial charge in [-0.1, -0.05) is 32.9 Å². The topological polar surface area (TPSA) is 64.4 Å². The molecule has 0 unspecified atom stereocenters. The van der Waals surface area contributed by atoms with Crippen LogP contribution in [0.15, 0.2) is 4.52 Å². The Hall–Kier alpha value is -1.36. The fraction of sp³-hybridized carbons (Fsp3) is 0.733. The Morgan fingerprint density at radius 1 is 1.35 bits per heavy atom. The van der Waals surface area contributed by atoms with Crippen LogP contribution in [0.25, 0.3) is 0 Å². The average molecular weight is 282 g/mol. The maximum Gasteiger partial charge on any atom is 0.256 e. The largest absolute Gasteiger partial charge is 0.381 e. The molecular weight excluding hydrogens is 256 g/mol. The van der Waals surface area contributed by atoms with E-state index in [1.807, 2.05) is 13.8 Å². The molecule has 1 rings (SSSR count). The summed E-state index contributed by atoms with van der Waals surface area (Å²) in [7, 11) is 0. The van der Waals surface area contributed by atoms with Crippen molar-refractivity contribution in [3.63, 3.8) is 0 Å². The van der Waals surface area contributed by atoms with Crippen LogP contribution in [-0.2, 0) is 4.74 Å². The lowest BCUT2D eigenvalue weighted by Gasteiger charge is -2.08. The standard InChI is InChI=1S/C15H26N2O3/c1-10(2)9-19-8-6-7-16-15(18)13-12(5)17-20-14(13)11(3)4/h10-11H,6-9H2,1-5H3,(H,16,18). The van der Waals surface area contributed by atoms with Gasteiger partial charge >= 0.3 is 0 Å². The Bertz CT molecular complexity index is 425. The summed E-state index contributed by atoms with van der Waals surface area (Å²) in [4.78, 5) is 12.1. The molecule has 20 heavy (non-hydrogen) atoms. The first-order valence-corrected chi connectivity index (χ1v) is 7.25. The molecule has 1 aromatic heterocycles. The summed E-state index contributed by atoms with van der Waals surface area (Å²) in [5, 5.41) is 6.77. The summed E-state index contributed by atoms with van der Waals surface area (Å²) < 4.78 is 10.7. The van der Waals surface area contributed by atoms with Crippen molar-refractivity contribution in [2.45, 2.75) is 47.0 Å². The van der Waals surface area contributed by atoms with Crippen LogP contribution in [0.5, 0.6) is 0 Å². The molecule has 0 bridgehead atoms. The minimum absolute atomic E-state index is 0.115. The second-order valence-corrected chi connectivity index (χ2v) is 5.74. The van der Waals surface area contributed by atoms with Crippen LogP contribution in [0.1, 0.15) is 61.8 Å². The molecule has 5 heteroatoms. The summed E-state index contributed by atoms with van der Waals surface area (Å²) in [6.45, 7) is 12.0. The second-order valence-electron chi connectivity index (χ2n) is 5.74. The van der Waals surface area contributed by atoms with E-state index in [-0.39, 0.29) is 11.8 Å². The molecule has 1 amide bonds.